The molecule has 0 aliphatic heterocycles. The second-order valence-electron chi connectivity index (χ2n) is 3.90. The molecule has 0 aliphatic carbocycles. The van der Waals surface area contributed by atoms with Gasteiger partial charge in [0.1, 0.15) is 0 Å². The van der Waals surface area contributed by atoms with Gasteiger partial charge in [0.2, 0.25) is 0 Å². The van der Waals surface area contributed by atoms with Crippen LogP contribution in [0.1, 0.15) is 15.9 Å². The van der Waals surface area contributed by atoms with Crippen molar-refractivity contribution in [3.05, 3.63) is 57.0 Å². The molecule has 0 fully saturated rings. The van der Waals surface area contributed by atoms with Crippen LogP contribution in [0.5, 0.6) is 0 Å². The second kappa shape index (κ2) is 4.66. The number of benzene rings is 1. The van der Waals surface area contributed by atoms with Crippen molar-refractivity contribution in [3.63, 3.8) is 0 Å². The zero-order chi connectivity index (χ0) is 13.3. The summed E-state index contributed by atoms with van der Waals surface area (Å²) >= 11 is 5.99. The molecule has 2 rings (SSSR count). The number of H-pyrrole nitrogens is 1. The first-order chi connectivity index (χ1) is 8.49. The van der Waals surface area contributed by atoms with Crippen molar-refractivity contribution in [2.75, 3.05) is 0 Å². The Labute approximate surface area is 108 Å². The smallest absolute Gasteiger partial charge is 0.337 e. The number of aromatic carboxylic acids is 1. The number of hydrogen-bond acceptors (Lipinski definition) is 2. The maximum Gasteiger partial charge on any atom is 0.337 e. The van der Waals surface area contributed by atoms with Gasteiger partial charge in [-0.15, -0.1) is 0 Å². The highest BCUT2D eigenvalue weighted by Crippen LogP contribution is 2.23. The summed E-state index contributed by atoms with van der Waals surface area (Å²) in [5.74, 6) is -1.09. The molecule has 2 aromatic rings. The van der Waals surface area contributed by atoms with Crippen molar-refractivity contribution in [1.82, 2.24) is 4.98 Å². The van der Waals surface area contributed by atoms with E-state index < -0.39 is 5.97 Å². The van der Waals surface area contributed by atoms with E-state index in [-0.39, 0.29) is 16.7 Å². The summed E-state index contributed by atoms with van der Waals surface area (Å²) in [5.41, 5.74) is 1.46. The molecule has 0 aliphatic rings. The molecule has 0 atom stereocenters. The van der Waals surface area contributed by atoms with Gasteiger partial charge >= 0.3 is 5.97 Å². The molecule has 0 saturated carbocycles. The molecule has 5 heteroatoms. The summed E-state index contributed by atoms with van der Waals surface area (Å²) in [6.07, 6.45) is 1.17. The number of carbonyl (C=O) groups is 1. The summed E-state index contributed by atoms with van der Waals surface area (Å²) in [6, 6.07) is 6.50. The maximum atomic E-state index is 11.7. The number of aryl methyl sites for hydroxylation is 1. The lowest BCUT2D eigenvalue weighted by molar-refractivity contribution is 0.0696. The second-order valence-corrected chi connectivity index (χ2v) is 4.31. The normalized spacial score (nSPS) is 10.3. The van der Waals surface area contributed by atoms with Gasteiger partial charge in [-0.1, -0.05) is 23.7 Å². The predicted octanol–water partition coefficient (Wildman–Crippen LogP) is 2.70. The van der Waals surface area contributed by atoms with Crippen molar-refractivity contribution in [2.45, 2.75) is 6.92 Å². The number of pyridine rings is 1. The van der Waals surface area contributed by atoms with E-state index in [1.807, 2.05) is 6.92 Å². The van der Waals surface area contributed by atoms with Crippen LogP contribution in [-0.4, -0.2) is 16.1 Å². The van der Waals surface area contributed by atoms with Gasteiger partial charge in [-0.3, -0.25) is 4.79 Å². The van der Waals surface area contributed by atoms with Crippen molar-refractivity contribution in [2.24, 2.45) is 0 Å². The average Bonchev–Trinajstić information content (AvgIpc) is 2.33. The van der Waals surface area contributed by atoms with Crippen LogP contribution in [-0.2, 0) is 0 Å². The Morgan fingerprint density at radius 1 is 1.33 bits per heavy atom. The highest BCUT2D eigenvalue weighted by molar-refractivity contribution is 6.31. The minimum atomic E-state index is -1.09. The van der Waals surface area contributed by atoms with E-state index in [0.717, 1.165) is 5.56 Å². The molecule has 4 nitrogen and oxygen atoms in total. The molecule has 92 valence electrons. The topological polar surface area (TPSA) is 70.2 Å². The van der Waals surface area contributed by atoms with E-state index >= 15 is 0 Å². The molecule has 0 spiro atoms. The summed E-state index contributed by atoms with van der Waals surface area (Å²) in [4.78, 5) is 25.0. The van der Waals surface area contributed by atoms with Crippen LogP contribution in [0, 0.1) is 6.92 Å². The van der Waals surface area contributed by atoms with Gasteiger partial charge in [-0.05, 0) is 30.2 Å². The molecule has 0 radical (unpaired) electrons. The van der Waals surface area contributed by atoms with Gasteiger partial charge in [0.25, 0.3) is 5.56 Å². The standard InChI is InChI=1S/C13H10ClNO3/c1-7-2-3-8(5-11(7)14)10-4-9(13(17)18)6-15-12(10)16/h2-6H,1H3,(H,15,16)(H,17,18). The summed E-state index contributed by atoms with van der Waals surface area (Å²) < 4.78 is 0. The Morgan fingerprint density at radius 3 is 2.67 bits per heavy atom. The predicted molar refractivity (Wildman–Crippen MR) is 69.2 cm³/mol. The lowest BCUT2D eigenvalue weighted by atomic mass is 10.0. The van der Waals surface area contributed by atoms with Crippen LogP contribution in [0.2, 0.25) is 5.02 Å². The van der Waals surface area contributed by atoms with E-state index in [4.69, 9.17) is 16.7 Å². The minimum Gasteiger partial charge on any atom is -0.478 e. The van der Waals surface area contributed by atoms with Gasteiger partial charge in [0.05, 0.1) is 5.56 Å². The van der Waals surface area contributed by atoms with Crippen molar-refractivity contribution in [3.8, 4) is 11.1 Å². The molecular weight excluding hydrogens is 254 g/mol. The first-order valence-corrected chi connectivity index (χ1v) is 5.59. The average molecular weight is 264 g/mol. The van der Waals surface area contributed by atoms with Crippen LogP contribution in [0.3, 0.4) is 0 Å². The van der Waals surface area contributed by atoms with Gasteiger partial charge in [-0.25, -0.2) is 4.79 Å². The molecular formula is C13H10ClNO3. The van der Waals surface area contributed by atoms with Crippen LogP contribution < -0.4 is 5.56 Å². The molecule has 0 saturated heterocycles. The van der Waals surface area contributed by atoms with E-state index in [0.29, 0.717) is 10.6 Å². The van der Waals surface area contributed by atoms with Crippen LogP contribution in [0.15, 0.2) is 35.3 Å². The summed E-state index contributed by atoms with van der Waals surface area (Å²) in [5, 5.41) is 9.43. The first kappa shape index (κ1) is 12.4. The van der Waals surface area contributed by atoms with Crippen LogP contribution in [0.25, 0.3) is 11.1 Å². The Kier molecular flexibility index (Phi) is 3.21. The lowest BCUT2D eigenvalue weighted by Crippen LogP contribution is -2.11. The fraction of sp³-hybridized carbons (Fsp3) is 0.0769. The third kappa shape index (κ3) is 2.28. The molecule has 1 aromatic heterocycles. The van der Waals surface area contributed by atoms with Gasteiger partial charge in [-0.2, -0.15) is 0 Å². The third-order valence-electron chi connectivity index (χ3n) is 2.63. The number of aromatic nitrogens is 1. The highest BCUT2D eigenvalue weighted by Gasteiger charge is 2.09. The first-order valence-electron chi connectivity index (χ1n) is 5.21. The zero-order valence-corrected chi connectivity index (χ0v) is 10.3. The van der Waals surface area contributed by atoms with E-state index in [1.165, 1.54) is 12.3 Å². The zero-order valence-electron chi connectivity index (χ0n) is 9.53. The van der Waals surface area contributed by atoms with E-state index in [9.17, 15) is 9.59 Å². The molecule has 0 unspecified atom stereocenters. The number of carboxylic acid groups (broad SMARTS) is 1. The molecule has 0 amide bonds. The quantitative estimate of drug-likeness (QED) is 0.875. The maximum absolute atomic E-state index is 11.7. The van der Waals surface area contributed by atoms with E-state index in [2.05, 4.69) is 4.98 Å². The van der Waals surface area contributed by atoms with Gasteiger partial charge < -0.3 is 10.1 Å². The highest BCUT2D eigenvalue weighted by atomic mass is 35.5. The largest absolute Gasteiger partial charge is 0.478 e. The summed E-state index contributed by atoms with van der Waals surface area (Å²) in [6.45, 7) is 1.85. The molecule has 1 heterocycles. The molecule has 1 aromatic carbocycles. The Balaban J connectivity index is 2.62. The number of nitrogens with one attached hydrogen (secondary N) is 1. The van der Waals surface area contributed by atoms with Crippen molar-refractivity contribution in [1.29, 1.82) is 0 Å². The Bertz CT molecular complexity index is 676. The Morgan fingerprint density at radius 2 is 2.06 bits per heavy atom. The van der Waals surface area contributed by atoms with E-state index in [1.54, 1.807) is 18.2 Å². The molecule has 0 bridgehead atoms. The van der Waals surface area contributed by atoms with Gasteiger partial charge in [0.15, 0.2) is 0 Å². The SMILES string of the molecule is Cc1ccc(-c2cc(C(=O)O)c[nH]c2=O)cc1Cl. The Hall–Kier alpha value is -2.07. The van der Waals surface area contributed by atoms with Gasteiger partial charge in [0, 0.05) is 16.8 Å². The van der Waals surface area contributed by atoms with Crippen LogP contribution >= 0.6 is 11.6 Å². The fourth-order valence-electron chi connectivity index (χ4n) is 1.58. The number of carboxylic acids is 1. The molecule has 2 N–H and O–H groups in total. The monoisotopic (exact) mass is 263 g/mol. The molecule has 18 heavy (non-hydrogen) atoms. The van der Waals surface area contributed by atoms with Crippen molar-refractivity contribution < 1.29 is 9.90 Å². The van der Waals surface area contributed by atoms with Crippen molar-refractivity contribution >= 4 is 17.6 Å². The summed E-state index contributed by atoms with van der Waals surface area (Å²) in [7, 11) is 0. The number of hydrogen-bond donors (Lipinski definition) is 2. The number of rotatable bonds is 2. The number of aromatic amines is 1. The number of halogens is 1. The lowest BCUT2D eigenvalue weighted by Gasteiger charge is -2.04. The minimum absolute atomic E-state index is 0.0290. The van der Waals surface area contributed by atoms with Crippen LogP contribution in [0.4, 0.5) is 0 Å². The fourth-order valence-corrected chi connectivity index (χ4v) is 1.76. The third-order valence-corrected chi connectivity index (χ3v) is 3.04.